The van der Waals surface area contributed by atoms with E-state index in [-0.39, 0.29) is 5.56 Å². The number of nitrogens with zero attached hydrogens (tertiary/aromatic N) is 2. The Morgan fingerprint density at radius 1 is 1.47 bits per heavy atom. The van der Waals surface area contributed by atoms with Crippen LogP contribution in [0.15, 0.2) is 18.2 Å². The predicted molar refractivity (Wildman–Crippen MR) is 64.9 cm³/mol. The van der Waals surface area contributed by atoms with Gasteiger partial charge in [0, 0.05) is 24.6 Å². The Morgan fingerprint density at radius 2 is 2.21 bits per heavy atom. The molecule has 0 fully saturated rings. The molecular weight excluding hydrogens is 253 g/mol. The zero-order chi connectivity index (χ0) is 14.3. The molecule has 0 aliphatic rings. The molecule has 1 rings (SSSR count). The maximum Gasteiger partial charge on any atom is 0.305 e. The number of nitro benzene ring substituents is 1. The first-order valence-electron chi connectivity index (χ1n) is 5.65. The molecule has 19 heavy (non-hydrogen) atoms. The number of nitro groups is 1. The summed E-state index contributed by atoms with van der Waals surface area (Å²) in [6.45, 7) is 0.367. The number of amides is 1. The van der Waals surface area contributed by atoms with Crippen LogP contribution in [0.4, 0.5) is 10.1 Å². The van der Waals surface area contributed by atoms with Gasteiger partial charge in [-0.15, -0.1) is 0 Å². The Hall–Kier alpha value is -2.49. The standard InChI is InChI=1S/C12H12FN3O3/c13-10-5-4-9(8-11(10)16(18)19)12(17)15-7-3-1-2-6-14/h4-5,8H,1-3,7H2,(H,15,17). The molecule has 0 saturated heterocycles. The van der Waals surface area contributed by atoms with E-state index in [1.165, 1.54) is 6.07 Å². The van der Waals surface area contributed by atoms with Gasteiger partial charge in [0.2, 0.25) is 5.82 Å². The lowest BCUT2D eigenvalue weighted by molar-refractivity contribution is -0.387. The van der Waals surface area contributed by atoms with E-state index < -0.39 is 22.3 Å². The average Bonchev–Trinajstić information content (AvgIpc) is 2.38. The molecule has 100 valence electrons. The molecule has 0 spiro atoms. The number of hydrogen-bond donors (Lipinski definition) is 1. The summed E-state index contributed by atoms with van der Waals surface area (Å²) in [5.74, 6) is -1.48. The van der Waals surface area contributed by atoms with Gasteiger partial charge in [-0.3, -0.25) is 14.9 Å². The lowest BCUT2D eigenvalue weighted by atomic mass is 10.1. The molecule has 0 saturated carbocycles. The summed E-state index contributed by atoms with van der Waals surface area (Å²) in [6, 6.07) is 4.97. The average molecular weight is 265 g/mol. The van der Waals surface area contributed by atoms with Crippen molar-refractivity contribution in [3.8, 4) is 6.07 Å². The van der Waals surface area contributed by atoms with Gasteiger partial charge in [0.1, 0.15) is 0 Å². The Kier molecular flexibility index (Phi) is 5.41. The third kappa shape index (κ3) is 4.35. The molecule has 0 atom stereocenters. The fourth-order valence-corrected chi connectivity index (χ4v) is 1.43. The third-order valence-corrected chi connectivity index (χ3v) is 2.41. The van der Waals surface area contributed by atoms with Crippen molar-refractivity contribution in [2.75, 3.05) is 6.54 Å². The molecular formula is C12H12FN3O3. The molecule has 7 heteroatoms. The molecule has 1 amide bonds. The summed E-state index contributed by atoms with van der Waals surface area (Å²) in [7, 11) is 0. The number of benzene rings is 1. The molecule has 0 aliphatic carbocycles. The third-order valence-electron chi connectivity index (χ3n) is 2.41. The van der Waals surface area contributed by atoms with Gasteiger partial charge < -0.3 is 5.32 Å². The van der Waals surface area contributed by atoms with E-state index in [1.54, 1.807) is 0 Å². The molecule has 0 aromatic heterocycles. The second-order valence-corrected chi connectivity index (χ2v) is 3.79. The summed E-state index contributed by atoms with van der Waals surface area (Å²) < 4.78 is 13.1. The molecule has 1 aromatic rings. The van der Waals surface area contributed by atoms with Crippen LogP contribution in [-0.2, 0) is 0 Å². The van der Waals surface area contributed by atoms with Crippen LogP contribution in [-0.4, -0.2) is 17.4 Å². The zero-order valence-corrected chi connectivity index (χ0v) is 10.1. The van der Waals surface area contributed by atoms with E-state index >= 15 is 0 Å². The fraction of sp³-hybridized carbons (Fsp3) is 0.333. The monoisotopic (exact) mass is 265 g/mol. The summed E-state index contributed by atoms with van der Waals surface area (Å²) in [6.07, 6.45) is 1.72. The van der Waals surface area contributed by atoms with Crippen LogP contribution in [0.5, 0.6) is 0 Å². The lowest BCUT2D eigenvalue weighted by Gasteiger charge is -2.04. The Balaban J connectivity index is 2.60. The van der Waals surface area contributed by atoms with E-state index in [0.29, 0.717) is 25.8 Å². The molecule has 6 nitrogen and oxygen atoms in total. The minimum absolute atomic E-state index is 0.0355. The van der Waals surface area contributed by atoms with Gasteiger partial charge in [0.05, 0.1) is 11.0 Å². The van der Waals surface area contributed by atoms with Gasteiger partial charge in [-0.05, 0) is 25.0 Å². The smallest absolute Gasteiger partial charge is 0.305 e. The number of unbranched alkanes of at least 4 members (excludes halogenated alkanes) is 2. The minimum Gasteiger partial charge on any atom is -0.352 e. The number of carbonyl (C=O) groups excluding carboxylic acids is 1. The van der Waals surface area contributed by atoms with E-state index in [0.717, 1.165) is 12.1 Å². The van der Waals surface area contributed by atoms with Crippen LogP contribution in [0.1, 0.15) is 29.6 Å². The van der Waals surface area contributed by atoms with Crippen molar-refractivity contribution in [1.82, 2.24) is 5.32 Å². The van der Waals surface area contributed by atoms with E-state index in [9.17, 15) is 19.3 Å². The first kappa shape index (κ1) is 14.6. The van der Waals surface area contributed by atoms with Crippen molar-refractivity contribution >= 4 is 11.6 Å². The highest BCUT2D eigenvalue weighted by Crippen LogP contribution is 2.18. The molecule has 1 aromatic carbocycles. The molecule has 0 bridgehead atoms. The van der Waals surface area contributed by atoms with Crippen LogP contribution < -0.4 is 5.32 Å². The second-order valence-electron chi connectivity index (χ2n) is 3.79. The summed E-state index contributed by atoms with van der Waals surface area (Å²) in [4.78, 5) is 21.3. The van der Waals surface area contributed by atoms with Crippen molar-refractivity contribution in [3.63, 3.8) is 0 Å². The van der Waals surface area contributed by atoms with E-state index in [1.807, 2.05) is 6.07 Å². The highest BCUT2D eigenvalue weighted by molar-refractivity contribution is 5.94. The van der Waals surface area contributed by atoms with Crippen LogP contribution in [0.25, 0.3) is 0 Å². The molecule has 0 aliphatic heterocycles. The predicted octanol–water partition coefficient (Wildman–Crippen LogP) is 2.16. The van der Waals surface area contributed by atoms with Crippen molar-refractivity contribution < 1.29 is 14.1 Å². The van der Waals surface area contributed by atoms with Crippen molar-refractivity contribution in [2.24, 2.45) is 0 Å². The highest BCUT2D eigenvalue weighted by atomic mass is 19.1. The topological polar surface area (TPSA) is 96.0 Å². The number of nitriles is 1. The van der Waals surface area contributed by atoms with Crippen LogP contribution in [0.2, 0.25) is 0 Å². The maximum atomic E-state index is 13.1. The van der Waals surface area contributed by atoms with E-state index in [2.05, 4.69) is 5.32 Å². The quantitative estimate of drug-likeness (QED) is 0.484. The fourth-order valence-electron chi connectivity index (χ4n) is 1.43. The number of halogens is 1. The van der Waals surface area contributed by atoms with Crippen molar-refractivity contribution in [3.05, 3.63) is 39.7 Å². The number of carbonyl (C=O) groups is 1. The van der Waals surface area contributed by atoms with Crippen LogP contribution in [0.3, 0.4) is 0 Å². The van der Waals surface area contributed by atoms with Gasteiger partial charge >= 0.3 is 5.69 Å². The Bertz CT molecular complexity index is 525. The van der Waals surface area contributed by atoms with Gasteiger partial charge in [0.15, 0.2) is 0 Å². The SMILES string of the molecule is N#CCCCCNC(=O)c1ccc(F)c([N+](=O)[O-])c1. The lowest BCUT2D eigenvalue weighted by Crippen LogP contribution is -2.24. The Morgan fingerprint density at radius 3 is 2.84 bits per heavy atom. The van der Waals surface area contributed by atoms with Crippen molar-refractivity contribution in [1.29, 1.82) is 5.26 Å². The molecule has 0 unspecified atom stereocenters. The van der Waals surface area contributed by atoms with E-state index in [4.69, 9.17) is 5.26 Å². The maximum absolute atomic E-state index is 13.1. The minimum atomic E-state index is -0.976. The summed E-state index contributed by atoms with van der Waals surface area (Å²) in [5, 5.41) is 21.4. The summed E-state index contributed by atoms with van der Waals surface area (Å²) in [5.41, 5.74) is -0.689. The highest BCUT2D eigenvalue weighted by Gasteiger charge is 2.17. The number of hydrogen-bond acceptors (Lipinski definition) is 4. The van der Waals surface area contributed by atoms with Gasteiger partial charge in [-0.25, -0.2) is 0 Å². The van der Waals surface area contributed by atoms with Crippen molar-refractivity contribution in [2.45, 2.75) is 19.3 Å². The Labute approximate surface area is 109 Å². The number of nitrogens with one attached hydrogen (secondary N) is 1. The normalized spacial score (nSPS) is 9.68. The molecule has 0 heterocycles. The van der Waals surface area contributed by atoms with Gasteiger partial charge in [-0.2, -0.15) is 9.65 Å². The molecule has 1 N–H and O–H groups in total. The zero-order valence-electron chi connectivity index (χ0n) is 10.1. The van der Waals surface area contributed by atoms with Gasteiger partial charge in [0.25, 0.3) is 5.91 Å². The first-order valence-corrected chi connectivity index (χ1v) is 5.65. The van der Waals surface area contributed by atoms with Crippen LogP contribution in [0, 0.1) is 27.3 Å². The van der Waals surface area contributed by atoms with Gasteiger partial charge in [-0.1, -0.05) is 0 Å². The number of rotatable bonds is 6. The summed E-state index contributed by atoms with van der Waals surface area (Å²) >= 11 is 0. The second kappa shape index (κ2) is 7.06. The first-order chi connectivity index (χ1) is 9.06. The van der Waals surface area contributed by atoms with Crippen LogP contribution >= 0.6 is 0 Å². The largest absolute Gasteiger partial charge is 0.352 e. The molecule has 0 radical (unpaired) electrons.